The van der Waals surface area contributed by atoms with Gasteiger partial charge >= 0.3 is 0 Å². The molecule has 4 heteroatoms. The molecular weight excluding hydrogens is 661 g/mol. The van der Waals surface area contributed by atoms with Crippen molar-refractivity contribution in [3.8, 4) is 11.5 Å². The Bertz CT molecular complexity index is 1300. The predicted molar refractivity (Wildman–Crippen MR) is 230 cm³/mol. The molecule has 294 valence electrons. The zero-order chi connectivity index (χ0) is 37.4. The highest BCUT2D eigenvalue weighted by Gasteiger charge is 2.01. The van der Waals surface area contributed by atoms with Gasteiger partial charge < -0.3 is 20.1 Å². The van der Waals surface area contributed by atoms with Crippen molar-refractivity contribution >= 4 is 0 Å². The number of nitrogens with one attached hydrogen (secondary N) is 2. The fourth-order valence-electron chi connectivity index (χ4n) is 7.07. The van der Waals surface area contributed by atoms with E-state index in [1.165, 1.54) is 138 Å². The van der Waals surface area contributed by atoms with E-state index in [0.717, 1.165) is 63.7 Å². The number of ether oxygens (including phenoxy) is 2. The Morgan fingerprint density at radius 3 is 0.778 bits per heavy atom. The summed E-state index contributed by atoms with van der Waals surface area (Å²) in [7, 11) is 0. The lowest BCUT2D eigenvalue weighted by molar-refractivity contribution is 0.304. The summed E-state index contributed by atoms with van der Waals surface area (Å²) >= 11 is 0. The number of hydrogen-bond donors (Lipinski definition) is 2. The van der Waals surface area contributed by atoms with E-state index >= 15 is 0 Å². The molecule has 54 heavy (non-hydrogen) atoms. The van der Waals surface area contributed by atoms with Crippen LogP contribution >= 0.6 is 0 Å². The molecule has 0 aliphatic heterocycles. The van der Waals surface area contributed by atoms with Gasteiger partial charge in [0.05, 0.1) is 13.2 Å². The number of rotatable bonds is 33. The smallest absolute Gasteiger partial charge is 0.119 e. The van der Waals surface area contributed by atoms with E-state index in [1.807, 2.05) is 0 Å². The zero-order valence-electron chi connectivity index (χ0n) is 33.6. The first-order valence-corrected chi connectivity index (χ1v) is 21.8. The van der Waals surface area contributed by atoms with E-state index in [1.54, 1.807) is 0 Å². The molecule has 4 aromatic carbocycles. The first kappa shape index (κ1) is 43.1. The Morgan fingerprint density at radius 1 is 0.259 bits per heavy atom. The molecule has 0 aromatic heterocycles. The van der Waals surface area contributed by atoms with Crippen LogP contribution in [0.3, 0.4) is 0 Å². The van der Waals surface area contributed by atoms with Crippen molar-refractivity contribution in [2.75, 3.05) is 13.2 Å². The monoisotopic (exact) mass is 733 g/mol. The number of unbranched alkanes of at least 4 members (excludes halogenated alkanes) is 19. The first-order chi connectivity index (χ1) is 26.8. The van der Waals surface area contributed by atoms with Gasteiger partial charge in [-0.3, -0.25) is 0 Å². The molecule has 4 rings (SSSR count). The molecular formula is C50H72N2O2. The molecule has 0 amide bonds. The molecule has 0 saturated heterocycles. The average Bonchev–Trinajstić information content (AvgIpc) is 3.21. The Kier molecular flexibility index (Phi) is 23.7. The predicted octanol–water partition coefficient (Wildman–Crippen LogP) is 13.5. The molecule has 0 saturated carbocycles. The Balaban J connectivity index is 0.808. The summed E-state index contributed by atoms with van der Waals surface area (Å²) in [6, 6.07) is 38.2. The van der Waals surface area contributed by atoms with Crippen LogP contribution in [0.25, 0.3) is 0 Å². The first-order valence-electron chi connectivity index (χ1n) is 21.8. The van der Waals surface area contributed by atoms with Crippen LogP contribution in [-0.2, 0) is 26.2 Å². The third-order valence-corrected chi connectivity index (χ3v) is 10.4. The normalized spacial score (nSPS) is 11.2. The van der Waals surface area contributed by atoms with Gasteiger partial charge in [-0.05, 0) is 59.4 Å². The van der Waals surface area contributed by atoms with Crippen LogP contribution in [0.2, 0.25) is 0 Å². The Morgan fingerprint density at radius 2 is 0.500 bits per heavy atom. The van der Waals surface area contributed by atoms with Gasteiger partial charge in [-0.1, -0.05) is 201 Å². The average molecular weight is 733 g/mol. The molecule has 0 atom stereocenters. The molecule has 2 N–H and O–H groups in total. The van der Waals surface area contributed by atoms with Crippen LogP contribution in [0.5, 0.6) is 11.5 Å². The number of benzene rings is 4. The summed E-state index contributed by atoms with van der Waals surface area (Å²) in [5, 5.41) is 7.02. The second kappa shape index (κ2) is 29.7. The quantitative estimate of drug-likeness (QED) is 0.0479. The van der Waals surface area contributed by atoms with Gasteiger partial charge in [0.15, 0.2) is 0 Å². The molecule has 0 heterocycles. The van der Waals surface area contributed by atoms with Crippen LogP contribution in [0.4, 0.5) is 0 Å². The Labute approximate surface area is 329 Å². The molecule has 0 spiro atoms. The third-order valence-electron chi connectivity index (χ3n) is 10.4. The van der Waals surface area contributed by atoms with Crippen molar-refractivity contribution in [1.29, 1.82) is 0 Å². The molecule has 0 fully saturated rings. The maximum absolute atomic E-state index is 5.98. The summed E-state index contributed by atoms with van der Waals surface area (Å²) < 4.78 is 12.0. The maximum atomic E-state index is 5.98. The van der Waals surface area contributed by atoms with Gasteiger partial charge in [-0.15, -0.1) is 0 Å². The van der Waals surface area contributed by atoms with Gasteiger partial charge in [-0.25, -0.2) is 0 Å². The highest BCUT2D eigenvalue weighted by atomic mass is 16.5. The molecule has 0 unspecified atom stereocenters. The van der Waals surface area contributed by atoms with E-state index < -0.39 is 0 Å². The lowest BCUT2D eigenvalue weighted by Crippen LogP contribution is -2.12. The van der Waals surface area contributed by atoms with Crippen molar-refractivity contribution in [3.05, 3.63) is 131 Å². The van der Waals surface area contributed by atoms with Crippen molar-refractivity contribution in [3.63, 3.8) is 0 Å². The molecule has 0 aliphatic carbocycles. The van der Waals surface area contributed by atoms with Gasteiger partial charge in [0, 0.05) is 26.2 Å². The molecule has 4 nitrogen and oxygen atoms in total. The van der Waals surface area contributed by atoms with Gasteiger partial charge in [0.25, 0.3) is 0 Å². The minimum atomic E-state index is 0.828. The Hall–Kier alpha value is -3.60. The minimum absolute atomic E-state index is 0.828. The summed E-state index contributed by atoms with van der Waals surface area (Å²) in [6.45, 7) is 5.20. The second-order valence-corrected chi connectivity index (χ2v) is 15.2. The molecule has 0 aliphatic rings. The van der Waals surface area contributed by atoms with Crippen LogP contribution in [-0.4, -0.2) is 13.2 Å². The standard InChI is InChI=1S/C50H72N2O2/c1(3-5-7-9-11-13-15-17-25-39-53-49-35-31-47(32-36-49)43-51-41-45-27-21-19-22-28-45)2-4-6-8-10-12-14-16-18-26-40-54-50-37-33-48(34-38-50)44-52-42-46-29-23-20-24-30-46/h19-24,27-38,51-52H,1-18,25-26,39-44H2. The van der Waals surface area contributed by atoms with E-state index in [-0.39, 0.29) is 0 Å². The van der Waals surface area contributed by atoms with Crippen LogP contribution in [0.15, 0.2) is 109 Å². The van der Waals surface area contributed by atoms with E-state index in [9.17, 15) is 0 Å². The van der Waals surface area contributed by atoms with E-state index in [2.05, 4.69) is 120 Å². The third kappa shape index (κ3) is 21.3. The van der Waals surface area contributed by atoms with Gasteiger partial charge in [0.2, 0.25) is 0 Å². The maximum Gasteiger partial charge on any atom is 0.119 e. The van der Waals surface area contributed by atoms with Crippen molar-refractivity contribution in [2.24, 2.45) is 0 Å². The summed E-state index contributed by atoms with van der Waals surface area (Å²) in [6.07, 6.45) is 27.4. The van der Waals surface area contributed by atoms with Crippen LogP contribution < -0.4 is 20.1 Å². The van der Waals surface area contributed by atoms with Crippen LogP contribution in [0.1, 0.15) is 151 Å². The fourth-order valence-corrected chi connectivity index (χ4v) is 7.07. The molecule has 4 aromatic rings. The lowest BCUT2D eigenvalue weighted by Gasteiger charge is -2.08. The fraction of sp³-hybridized carbons (Fsp3) is 0.520. The van der Waals surface area contributed by atoms with Gasteiger partial charge in [-0.2, -0.15) is 0 Å². The summed E-state index contributed by atoms with van der Waals surface area (Å²) in [5.41, 5.74) is 5.22. The zero-order valence-corrected chi connectivity index (χ0v) is 33.6. The lowest BCUT2D eigenvalue weighted by atomic mass is 10.0. The highest BCUT2D eigenvalue weighted by Crippen LogP contribution is 2.17. The summed E-state index contributed by atoms with van der Waals surface area (Å²) in [4.78, 5) is 0. The second-order valence-electron chi connectivity index (χ2n) is 15.2. The van der Waals surface area contributed by atoms with Gasteiger partial charge in [0.1, 0.15) is 11.5 Å². The van der Waals surface area contributed by atoms with Crippen molar-refractivity contribution < 1.29 is 9.47 Å². The summed E-state index contributed by atoms with van der Waals surface area (Å²) in [5.74, 6) is 1.98. The van der Waals surface area contributed by atoms with Crippen molar-refractivity contribution in [2.45, 2.75) is 155 Å². The highest BCUT2D eigenvalue weighted by molar-refractivity contribution is 5.28. The van der Waals surface area contributed by atoms with E-state index in [0.29, 0.717) is 0 Å². The number of hydrogen-bond acceptors (Lipinski definition) is 4. The van der Waals surface area contributed by atoms with E-state index in [4.69, 9.17) is 9.47 Å². The SMILES string of the molecule is c1ccc(CNCc2ccc(OCCCCCCCCCCCCCCCCCCCCCCOc3ccc(CNCc4ccccc4)cc3)cc2)cc1. The molecule has 0 bridgehead atoms. The topological polar surface area (TPSA) is 42.5 Å². The minimum Gasteiger partial charge on any atom is -0.494 e. The van der Waals surface area contributed by atoms with Crippen LogP contribution in [0, 0.1) is 0 Å². The largest absolute Gasteiger partial charge is 0.494 e. The van der Waals surface area contributed by atoms with Crippen molar-refractivity contribution in [1.82, 2.24) is 10.6 Å². The molecule has 0 radical (unpaired) electrons.